The standard InChI is InChI=1S/C22H26N2O2/c25-21(17-19-9-5-2-6-10-19)24-15-12-20(13-16-24)22(26)23-14-11-18-7-3-1-4-8-18/h1-10,20H,11-17H2,(H,23,26). The Labute approximate surface area is 155 Å². The van der Waals surface area contributed by atoms with Gasteiger partial charge in [0, 0.05) is 25.6 Å². The van der Waals surface area contributed by atoms with Gasteiger partial charge in [-0.1, -0.05) is 60.7 Å². The number of likely N-dealkylation sites (tertiary alicyclic amines) is 1. The van der Waals surface area contributed by atoms with E-state index >= 15 is 0 Å². The molecule has 0 atom stereocenters. The lowest BCUT2D eigenvalue weighted by atomic mass is 9.95. The maximum Gasteiger partial charge on any atom is 0.226 e. The van der Waals surface area contributed by atoms with Crippen LogP contribution in [0.2, 0.25) is 0 Å². The van der Waals surface area contributed by atoms with Gasteiger partial charge in [-0.15, -0.1) is 0 Å². The smallest absolute Gasteiger partial charge is 0.226 e. The summed E-state index contributed by atoms with van der Waals surface area (Å²) in [7, 11) is 0. The second kappa shape index (κ2) is 9.18. The Morgan fingerprint density at radius 1 is 0.885 bits per heavy atom. The number of nitrogens with zero attached hydrogens (tertiary/aromatic N) is 1. The third kappa shape index (κ3) is 5.19. The number of hydrogen-bond acceptors (Lipinski definition) is 2. The molecule has 2 amide bonds. The molecule has 0 unspecified atom stereocenters. The van der Waals surface area contributed by atoms with Crippen molar-refractivity contribution in [2.24, 2.45) is 5.92 Å². The molecule has 1 aliphatic rings. The molecule has 0 saturated carbocycles. The van der Waals surface area contributed by atoms with Crippen LogP contribution in [0.3, 0.4) is 0 Å². The summed E-state index contributed by atoms with van der Waals surface area (Å²) in [5.74, 6) is 0.293. The van der Waals surface area contributed by atoms with Gasteiger partial charge in [-0.3, -0.25) is 9.59 Å². The van der Waals surface area contributed by atoms with E-state index in [1.165, 1.54) is 5.56 Å². The van der Waals surface area contributed by atoms with Gasteiger partial charge in [0.15, 0.2) is 0 Å². The summed E-state index contributed by atoms with van der Waals surface area (Å²) < 4.78 is 0. The minimum absolute atomic E-state index is 0.0200. The van der Waals surface area contributed by atoms with Crippen LogP contribution in [0.15, 0.2) is 60.7 Å². The molecule has 4 nitrogen and oxygen atoms in total. The highest BCUT2D eigenvalue weighted by molar-refractivity contribution is 5.81. The summed E-state index contributed by atoms with van der Waals surface area (Å²) in [6.45, 7) is 2.00. The Morgan fingerprint density at radius 2 is 1.46 bits per heavy atom. The lowest BCUT2D eigenvalue weighted by Gasteiger charge is -2.31. The van der Waals surface area contributed by atoms with E-state index in [1.807, 2.05) is 53.4 Å². The Bertz CT molecular complexity index is 707. The first-order valence-electron chi connectivity index (χ1n) is 9.36. The molecule has 0 aromatic heterocycles. The van der Waals surface area contributed by atoms with Crippen molar-refractivity contribution in [3.05, 3.63) is 71.8 Å². The van der Waals surface area contributed by atoms with Gasteiger partial charge in [0.2, 0.25) is 11.8 Å². The molecule has 2 aromatic carbocycles. The van der Waals surface area contributed by atoms with Crippen molar-refractivity contribution in [2.75, 3.05) is 19.6 Å². The second-order valence-corrected chi connectivity index (χ2v) is 6.84. The van der Waals surface area contributed by atoms with Gasteiger partial charge in [0.05, 0.1) is 6.42 Å². The minimum atomic E-state index is 0.0200. The average molecular weight is 350 g/mol. The molecule has 1 N–H and O–H groups in total. The quantitative estimate of drug-likeness (QED) is 0.871. The maximum atomic E-state index is 12.4. The van der Waals surface area contributed by atoms with Crippen molar-refractivity contribution in [2.45, 2.75) is 25.7 Å². The van der Waals surface area contributed by atoms with Crippen molar-refractivity contribution >= 4 is 11.8 Å². The highest BCUT2D eigenvalue weighted by Gasteiger charge is 2.27. The zero-order valence-corrected chi connectivity index (χ0v) is 15.1. The van der Waals surface area contributed by atoms with Crippen LogP contribution >= 0.6 is 0 Å². The number of carbonyl (C=O) groups excluding carboxylic acids is 2. The second-order valence-electron chi connectivity index (χ2n) is 6.84. The predicted molar refractivity (Wildman–Crippen MR) is 103 cm³/mol. The summed E-state index contributed by atoms with van der Waals surface area (Å²) in [6.07, 6.45) is 2.78. The molecule has 26 heavy (non-hydrogen) atoms. The molecule has 1 aliphatic heterocycles. The first-order valence-corrected chi connectivity index (χ1v) is 9.36. The third-order valence-electron chi connectivity index (χ3n) is 4.97. The van der Waals surface area contributed by atoms with Crippen molar-refractivity contribution < 1.29 is 9.59 Å². The third-order valence-corrected chi connectivity index (χ3v) is 4.97. The fraction of sp³-hybridized carbons (Fsp3) is 0.364. The number of benzene rings is 2. The summed E-state index contributed by atoms with van der Waals surface area (Å²) in [6, 6.07) is 20.0. The Kier molecular flexibility index (Phi) is 6.42. The topological polar surface area (TPSA) is 49.4 Å². The van der Waals surface area contributed by atoms with E-state index in [0.717, 1.165) is 24.8 Å². The largest absolute Gasteiger partial charge is 0.356 e. The first-order chi connectivity index (χ1) is 12.7. The van der Waals surface area contributed by atoms with Gasteiger partial charge in [-0.2, -0.15) is 0 Å². The van der Waals surface area contributed by atoms with Crippen LogP contribution in [-0.4, -0.2) is 36.3 Å². The van der Waals surface area contributed by atoms with E-state index in [1.54, 1.807) is 0 Å². The van der Waals surface area contributed by atoms with Gasteiger partial charge in [0.1, 0.15) is 0 Å². The highest BCUT2D eigenvalue weighted by Crippen LogP contribution is 2.18. The molecule has 0 radical (unpaired) electrons. The molecule has 3 rings (SSSR count). The van der Waals surface area contributed by atoms with Crippen LogP contribution in [0, 0.1) is 5.92 Å². The van der Waals surface area contributed by atoms with Crippen molar-refractivity contribution in [3.8, 4) is 0 Å². The van der Waals surface area contributed by atoms with Crippen LogP contribution in [-0.2, 0) is 22.4 Å². The van der Waals surface area contributed by atoms with Gasteiger partial charge in [-0.05, 0) is 30.4 Å². The number of piperidine rings is 1. The molecular weight excluding hydrogens is 324 g/mol. The normalized spacial score (nSPS) is 14.8. The van der Waals surface area contributed by atoms with E-state index in [9.17, 15) is 9.59 Å². The van der Waals surface area contributed by atoms with Crippen LogP contribution < -0.4 is 5.32 Å². The molecule has 1 fully saturated rings. The predicted octanol–water partition coefficient (Wildman–Crippen LogP) is 2.83. The first kappa shape index (κ1) is 18.2. The van der Waals surface area contributed by atoms with Crippen LogP contribution in [0.4, 0.5) is 0 Å². The van der Waals surface area contributed by atoms with Gasteiger partial charge in [-0.25, -0.2) is 0 Å². The Balaban J connectivity index is 1.38. The van der Waals surface area contributed by atoms with Gasteiger partial charge < -0.3 is 10.2 Å². The average Bonchev–Trinajstić information content (AvgIpc) is 2.69. The van der Waals surface area contributed by atoms with Crippen LogP contribution in [0.1, 0.15) is 24.0 Å². The molecule has 0 bridgehead atoms. The summed E-state index contributed by atoms with van der Waals surface area (Å²) >= 11 is 0. The lowest BCUT2D eigenvalue weighted by molar-refractivity contribution is -0.135. The maximum absolute atomic E-state index is 12.4. The van der Waals surface area contributed by atoms with E-state index < -0.39 is 0 Å². The van der Waals surface area contributed by atoms with E-state index in [4.69, 9.17) is 0 Å². The summed E-state index contributed by atoms with van der Waals surface area (Å²) in [4.78, 5) is 26.6. The molecule has 0 spiro atoms. The summed E-state index contributed by atoms with van der Waals surface area (Å²) in [5.41, 5.74) is 2.27. The molecular formula is C22H26N2O2. The molecule has 2 aromatic rings. The number of hydrogen-bond donors (Lipinski definition) is 1. The van der Waals surface area contributed by atoms with E-state index in [2.05, 4.69) is 17.4 Å². The highest BCUT2D eigenvalue weighted by atomic mass is 16.2. The fourth-order valence-corrected chi connectivity index (χ4v) is 3.39. The molecule has 0 aliphatic carbocycles. The number of carbonyl (C=O) groups is 2. The van der Waals surface area contributed by atoms with Crippen molar-refractivity contribution in [1.29, 1.82) is 0 Å². The van der Waals surface area contributed by atoms with Crippen molar-refractivity contribution in [1.82, 2.24) is 10.2 Å². The Hall–Kier alpha value is -2.62. The van der Waals surface area contributed by atoms with Gasteiger partial charge >= 0.3 is 0 Å². The zero-order chi connectivity index (χ0) is 18.2. The molecule has 1 heterocycles. The summed E-state index contributed by atoms with van der Waals surface area (Å²) in [5, 5.41) is 3.04. The zero-order valence-electron chi connectivity index (χ0n) is 15.1. The van der Waals surface area contributed by atoms with E-state index in [-0.39, 0.29) is 17.7 Å². The van der Waals surface area contributed by atoms with Crippen LogP contribution in [0.5, 0.6) is 0 Å². The van der Waals surface area contributed by atoms with Gasteiger partial charge in [0.25, 0.3) is 0 Å². The number of amides is 2. The fourth-order valence-electron chi connectivity index (χ4n) is 3.39. The van der Waals surface area contributed by atoms with Crippen LogP contribution in [0.25, 0.3) is 0 Å². The monoisotopic (exact) mass is 350 g/mol. The lowest BCUT2D eigenvalue weighted by Crippen LogP contribution is -2.43. The van der Waals surface area contributed by atoms with E-state index in [0.29, 0.717) is 26.1 Å². The SMILES string of the molecule is O=C(NCCc1ccccc1)C1CCN(C(=O)Cc2ccccc2)CC1. The molecule has 136 valence electrons. The number of rotatable bonds is 6. The minimum Gasteiger partial charge on any atom is -0.356 e. The molecule has 4 heteroatoms. The number of nitrogens with one attached hydrogen (secondary N) is 1. The van der Waals surface area contributed by atoms with Crippen molar-refractivity contribution in [3.63, 3.8) is 0 Å². The Morgan fingerprint density at radius 3 is 2.08 bits per heavy atom. The molecule has 1 saturated heterocycles.